The number of nitrogens with zero attached hydrogens (tertiary/aromatic N) is 3. The maximum atomic E-state index is 4.44. The minimum absolute atomic E-state index is 0.931. The molecule has 0 aliphatic heterocycles. The average Bonchev–Trinajstić information content (AvgIpc) is 2.65. The molecule has 2 heterocycles. The summed E-state index contributed by atoms with van der Waals surface area (Å²) in [5, 5.41) is 0. The third-order valence-electron chi connectivity index (χ3n) is 3.06. The molecule has 0 radical (unpaired) electrons. The van der Waals surface area contributed by atoms with Crippen LogP contribution in [-0.4, -0.2) is 14.5 Å². The summed E-state index contributed by atoms with van der Waals surface area (Å²) in [7, 11) is 2.03. The molecule has 3 nitrogen and oxygen atoms in total. The number of hydrogen-bond acceptors (Lipinski definition) is 2. The fourth-order valence-corrected chi connectivity index (χ4v) is 2.26. The highest BCUT2D eigenvalue weighted by Crippen LogP contribution is 2.28. The van der Waals surface area contributed by atoms with Crippen LogP contribution in [-0.2, 0) is 13.5 Å². The average molecular weight is 227 g/mol. The van der Waals surface area contributed by atoms with E-state index in [2.05, 4.69) is 34.1 Å². The molecule has 0 unspecified atom stereocenters. The van der Waals surface area contributed by atoms with Crippen molar-refractivity contribution in [3.05, 3.63) is 42.4 Å². The van der Waals surface area contributed by atoms with Gasteiger partial charge in [0.1, 0.15) is 5.52 Å². The van der Waals surface area contributed by atoms with Crippen LogP contribution in [0.15, 0.2) is 31.1 Å². The topological polar surface area (TPSA) is 30.7 Å². The van der Waals surface area contributed by atoms with Crippen LogP contribution in [0.25, 0.3) is 16.7 Å². The third kappa shape index (κ3) is 1.68. The molecule has 0 aliphatic rings. The lowest BCUT2D eigenvalue weighted by Crippen LogP contribution is -1.97. The van der Waals surface area contributed by atoms with Crippen molar-refractivity contribution in [3.63, 3.8) is 0 Å². The molecule has 0 spiro atoms. The van der Waals surface area contributed by atoms with Crippen molar-refractivity contribution in [2.24, 2.45) is 7.05 Å². The van der Waals surface area contributed by atoms with Crippen molar-refractivity contribution in [1.82, 2.24) is 14.5 Å². The molecular weight excluding hydrogens is 210 g/mol. The van der Waals surface area contributed by atoms with Gasteiger partial charge in [0.25, 0.3) is 0 Å². The first-order valence-electron chi connectivity index (χ1n) is 5.81. The van der Waals surface area contributed by atoms with Crippen LogP contribution < -0.4 is 0 Å². The molecule has 0 saturated heterocycles. The zero-order valence-electron chi connectivity index (χ0n) is 10.6. The van der Waals surface area contributed by atoms with Crippen molar-refractivity contribution in [2.75, 3.05) is 0 Å². The second-order valence-corrected chi connectivity index (χ2v) is 3.92. The number of fused-ring (bicyclic) bond motifs is 1. The van der Waals surface area contributed by atoms with Gasteiger partial charge in [-0.25, -0.2) is 4.98 Å². The zero-order valence-corrected chi connectivity index (χ0v) is 10.6. The Balaban J connectivity index is 2.87. The molecule has 3 heteroatoms. The highest BCUT2D eigenvalue weighted by atomic mass is 15.0. The van der Waals surface area contributed by atoms with Gasteiger partial charge >= 0.3 is 0 Å². The summed E-state index contributed by atoms with van der Waals surface area (Å²) < 4.78 is 2.10. The van der Waals surface area contributed by atoms with E-state index in [9.17, 15) is 0 Å². The van der Waals surface area contributed by atoms with Crippen LogP contribution in [0.1, 0.15) is 25.1 Å². The molecule has 0 atom stereocenters. The quantitative estimate of drug-likeness (QED) is 0.754. The van der Waals surface area contributed by atoms with E-state index in [1.165, 1.54) is 11.3 Å². The van der Waals surface area contributed by atoms with Gasteiger partial charge in [-0.3, -0.25) is 4.98 Å². The Hall–Kier alpha value is -1.90. The lowest BCUT2D eigenvalue weighted by Gasteiger charge is -2.06. The molecule has 0 bridgehead atoms. The maximum Gasteiger partial charge on any atom is 0.159 e. The van der Waals surface area contributed by atoms with Crippen LogP contribution >= 0.6 is 0 Å². The van der Waals surface area contributed by atoms with Gasteiger partial charge in [-0.1, -0.05) is 25.7 Å². The van der Waals surface area contributed by atoms with E-state index in [0.717, 1.165) is 23.2 Å². The molecular formula is C14H17N3. The monoisotopic (exact) mass is 227 g/mol. The Morgan fingerprint density at radius 2 is 2.12 bits per heavy atom. The van der Waals surface area contributed by atoms with Gasteiger partial charge < -0.3 is 4.57 Å². The van der Waals surface area contributed by atoms with Gasteiger partial charge in [0.05, 0.1) is 5.69 Å². The minimum Gasteiger partial charge on any atom is -0.327 e. The van der Waals surface area contributed by atoms with E-state index in [1.54, 1.807) is 12.4 Å². The normalized spacial score (nSPS) is 12.1. The number of aryl methyl sites for hydroxylation is 2. The fraction of sp³-hybridized carbons (Fsp3) is 0.286. The minimum atomic E-state index is 0.931. The Kier molecular flexibility index (Phi) is 3.09. The standard InChI is InChI=1S/C14H17N3/c1-5-10(6-2)13-11(7-3)12-14(17(13)4)16-9-8-15-12/h5-6,8-9H,1,7H2,2-4H3/b10-6+. The van der Waals surface area contributed by atoms with Gasteiger partial charge in [0.2, 0.25) is 0 Å². The SMILES string of the molecule is C=C/C(=C\C)c1c(CC)c2nccnc2n1C. The number of hydrogen-bond donors (Lipinski definition) is 0. The molecule has 2 aromatic rings. The van der Waals surface area contributed by atoms with Gasteiger partial charge in [-0.05, 0) is 18.9 Å². The van der Waals surface area contributed by atoms with E-state index in [1.807, 2.05) is 20.0 Å². The van der Waals surface area contributed by atoms with Crippen molar-refractivity contribution in [1.29, 1.82) is 0 Å². The summed E-state index contributed by atoms with van der Waals surface area (Å²) in [5.41, 5.74) is 5.47. The van der Waals surface area contributed by atoms with Gasteiger partial charge in [-0.15, -0.1) is 0 Å². The van der Waals surface area contributed by atoms with Gasteiger partial charge in [-0.2, -0.15) is 0 Å². The number of aromatic nitrogens is 3. The highest BCUT2D eigenvalue weighted by molar-refractivity contribution is 5.87. The molecule has 0 fully saturated rings. The van der Waals surface area contributed by atoms with E-state index >= 15 is 0 Å². The predicted molar refractivity (Wildman–Crippen MR) is 71.7 cm³/mol. The first-order chi connectivity index (χ1) is 8.24. The van der Waals surface area contributed by atoms with Crippen LogP contribution in [0.4, 0.5) is 0 Å². The Labute approximate surface area is 102 Å². The lowest BCUT2D eigenvalue weighted by molar-refractivity contribution is 0.917. The van der Waals surface area contributed by atoms with Crippen LogP contribution in [0.5, 0.6) is 0 Å². The number of allylic oxidation sites excluding steroid dienone is 3. The van der Waals surface area contributed by atoms with E-state index < -0.39 is 0 Å². The smallest absolute Gasteiger partial charge is 0.159 e. The molecule has 0 aliphatic carbocycles. The molecule has 0 aromatic carbocycles. The molecule has 2 rings (SSSR count). The zero-order chi connectivity index (χ0) is 12.4. The first kappa shape index (κ1) is 11.6. The van der Waals surface area contributed by atoms with Crippen LogP contribution in [0.2, 0.25) is 0 Å². The third-order valence-corrected chi connectivity index (χ3v) is 3.06. The summed E-state index contributed by atoms with van der Waals surface area (Å²) in [6.45, 7) is 8.04. The predicted octanol–water partition coefficient (Wildman–Crippen LogP) is 3.12. The second kappa shape index (κ2) is 4.53. The van der Waals surface area contributed by atoms with Crippen molar-refractivity contribution in [2.45, 2.75) is 20.3 Å². The van der Waals surface area contributed by atoms with Crippen LogP contribution in [0.3, 0.4) is 0 Å². The highest BCUT2D eigenvalue weighted by Gasteiger charge is 2.16. The first-order valence-corrected chi connectivity index (χ1v) is 5.81. The summed E-state index contributed by atoms with van der Waals surface area (Å²) in [6.07, 6.45) is 8.37. The summed E-state index contributed by atoms with van der Waals surface area (Å²) in [4.78, 5) is 8.84. The molecule has 0 amide bonds. The molecule has 17 heavy (non-hydrogen) atoms. The van der Waals surface area contributed by atoms with Crippen LogP contribution in [0, 0.1) is 0 Å². The molecule has 88 valence electrons. The second-order valence-electron chi connectivity index (χ2n) is 3.92. The number of rotatable bonds is 3. The molecule has 0 N–H and O–H groups in total. The van der Waals surface area contributed by atoms with Crippen molar-refractivity contribution < 1.29 is 0 Å². The van der Waals surface area contributed by atoms with Crippen molar-refractivity contribution in [3.8, 4) is 0 Å². The maximum absolute atomic E-state index is 4.44. The van der Waals surface area contributed by atoms with Crippen molar-refractivity contribution >= 4 is 16.7 Å². The van der Waals surface area contributed by atoms with E-state index in [4.69, 9.17) is 0 Å². The van der Waals surface area contributed by atoms with E-state index in [0.29, 0.717) is 0 Å². The Morgan fingerprint density at radius 3 is 2.71 bits per heavy atom. The van der Waals surface area contributed by atoms with E-state index in [-0.39, 0.29) is 0 Å². The largest absolute Gasteiger partial charge is 0.327 e. The Bertz CT molecular complexity index is 591. The fourth-order valence-electron chi connectivity index (χ4n) is 2.26. The van der Waals surface area contributed by atoms with Gasteiger partial charge in [0, 0.05) is 25.0 Å². The summed E-state index contributed by atoms with van der Waals surface area (Å²) in [5.74, 6) is 0. The molecule has 2 aromatic heterocycles. The summed E-state index contributed by atoms with van der Waals surface area (Å²) in [6, 6.07) is 0. The summed E-state index contributed by atoms with van der Waals surface area (Å²) >= 11 is 0. The van der Waals surface area contributed by atoms with Gasteiger partial charge in [0.15, 0.2) is 5.65 Å². The lowest BCUT2D eigenvalue weighted by atomic mass is 10.1. The Morgan fingerprint density at radius 1 is 1.41 bits per heavy atom. The molecule has 0 saturated carbocycles.